The molecule has 4 heteroatoms. The van der Waals surface area contributed by atoms with Crippen LogP contribution in [-0.4, -0.2) is 24.7 Å². The van der Waals surface area contributed by atoms with Gasteiger partial charge in [-0.25, -0.2) is 4.39 Å². The number of aromatic nitrogens is 1. The van der Waals surface area contributed by atoms with E-state index >= 15 is 0 Å². The Hall–Kier alpha value is -1.39. The average molecular weight is 262 g/mol. The molecule has 0 saturated carbocycles. The first-order chi connectivity index (χ1) is 9.18. The molecule has 1 fully saturated rings. The van der Waals surface area contributed by atoms with Crippen LogP contribution in [0.1, 0.15) is 24.1 Å². The van der Waals surface area contributed by atoms with Gasteiger partial charge in [0, 0.05) is 36.3 Å². The van der Waals surface area contributed by atoms with Gasteiger partial charge in [-0.2, -0.15) is 0 Å². The molecule has 3 rings (SSSR count). The molecular weight excluding hydrogens is 243 g/mol. The molecule has 0 bridgehead atoms. The highest BCUT2D eigenvalue weighted by atomic mass is 19.1. The van der Waals surface area contributed by atoms with Crippen LogP contribution in [0.25, 0.3) is 10.9 Å². The van der Waals surface area contributed by atoms with Gasteiger partial charge in [-0.3, -0.25) is 0 Å². The zero-order chi connectivity index (χ0) is 13.5. The molecule has 0 spiro atoms. The quantitative estimate of drug-likeness (QED) is 0.874. The van der Waals surface area contributed by atoms with E-state index in [2.05, 4.69) is 4.98 Å². The van der Waals surface area contributed by atoms with Gasteiger partial charge in [0.2, 0.25) is 0 Å². The highest BCUT2D eigenvalue weighted by Gasteiger charge is 2.36. The number of ether oxygens (including phenoxy) is 1. The van der Waals surface area contributed by atoms with Crippen molar-refractivity contribution in [2.24, 2.45) is 5.73 Å². The fourth-order valence-electron chi connectivity index (χ4n) is 3.31. The summed E-state index contributed by atoms with van der Waals surface area (Å²) in [5, 5.41) is 0.963. The fourth-order valence-corrected chi connectivity index (χ4v) is 3.31. The van der Waals surface area contributed by atoms with Gasteiger partial charge < -0.3 is 15.5 Å². The summed E-state index contributed by atoms with van der Waals surface area (Å²) in [6.45, 7) is 4.01. The Morgan fingerprint density at radius 2 is 2.11 bits per heavy atom. The standard InChI is InChI=1S/C15H19FN2O/c1-10-13(15(9-17)5-7-19-8-6-15)11-3-2-4-12(16)14(11)18-10/h2-4,18H,5-9,17H2,1H3. The highest BCUT2D eigenvalue weighted by Crippen LogP contribution is 2.40. The molecule has 1 aromatic heterocycles. The van der Waals surface area contributed by atoms with Crippen molar-refractivity contribution in [3.8, 4) is 0 Å². The van der Waals surface area contributed by atoms with Gasteiger partial charge in [-0.15, -0.1) is 0 Å². The summed E-state index contributed by atoms with van der Waals surface area (Å²) in [6.07, 6.45) is 1.79. The number of hydrogen-bond acceptors (Lipinski definition) is 2. The Labute approximate surface area is 111 Å². The van der Waals surface area contributed by atoms with E-state index in [9.17, 15) is 4.39 Å². The topological polar surface area (TPSA) is 51.0 Å². The van der Waals surface area contributed by atoms with Crippen LogP contribution in [0.3, 0.4) is 0 Å². The van der Waals surface area contributed by atoms with Gasteiger partial charge in [0.05, 0.1) is 5.52 Å². The normalized spacial score (nSPS) is 18.9. The minimum atomic E-state index is -0.203. The van der Waals surface area contributed by atoms with Crippen molar-refractivity contribution >= 4 is 10.9 Å². The number of aryl methyl sites for hydroxylation is 1. The fraction of sp³-hybridized carbons (Fsp3) is 0.467. The predicted octanol–water partition coefficient (Wildman–Crippen LogP) is 2.62. The average Bonchev–Trinajstić information content (AvgIpc) is 2.78. The van der Waals surface area contributed by atoms with E-state index in [1.165, 1.54) is 11.6 Å². The monoisotopic (exact) mass is 262 g/mol. The number of H-pyrrole nitrogens is 1. The molecule has 0 aliphatic carbocycles. The molecule has 0 amide bonds. The van der Waals surface area contributed by atoms with Crippen LogP contribution in [-0.2, 0) is 10.2 Å². The van der Waals surface area contributed by atoms with Crippen LogP contribution in [0.5, 0.6) is 0 Å². The van der Waals surface area contributed by atoms with Gasteiger partial charge in [0.15, 0.2) is 0 Å². The SMILES string of the molecule is Cc1[nH]c2c(F)cccc2c1C1(CN)CCOCC1. The molecule has 3 nitrogen and oxygen atoms in total. The van der Waals surface area contributed by atoms with Crippen molar-refractivity contribution in [1.29, 1.82) is 0 Å². The van der Waals surface area contributed by atoms with E-state index in [0.29, 0.717) is 12.1 Å². The molecule has 2 heterocycles. The number of nitrogens with two attached hydrogens (primary N) is 1. The first kappa shape index (κ1) is 12.6. The number of hydrogen-bond donors (Lipinski definition) is 2. The second-order valence-electron chi connectivity index (χ2n) is 5.38. The van der Waals surface area contributed by atoms with Crippen molar-refractivity contribution in [2.45, 2.75) is 25.2 Å². The van der Waals surface area contributed by atoms with Gasteiger partial charge in [0.1, 0.15) is 5.82 Å². The van der Waals surface area contributed by atoms with E-state index in [1.54, 1.807) is 6.07 Å². The smallest absolute Gasteiger partial charge is 0.147 e. The Morgan fingerprint density at radius 1 is 1.37 bits per heavy atom. The van der Waals surface area contributed by atoms with E-state index in [4.69, 9.17) is 10.5 Å². The zero-order valence-electron chi connectivity index (χ0n) is 11.1. The third kappa shape index (κ3) is 1.86. The maximum atomic E-state index is 13.9. The molecular formula is C15H19FN2O. The number of fused-ring (bicyclic) bond motifs is 1. The molecule has 1 aliphatic rings. The molecule has 19 heavy (non-hydrogen) atoms. The minimum Gasteiger partial charge on any atom is -0.381 e. The third-order valence-electron chi connectivity index (χ3n) is 4.34. The van der Waals surface area contributed by atoms with Gasteiger partial charge in [0.25, 0.3) is 0 Å². The number of para-hydroxylation sites is 1. The largest absolute Gasteiger partial charge is 0.381 e. The van der Waals surface area contributed by atoms with Gasteiger partial charge in [-0.05, 0) is 31.4 Å². The number of nitrogens with one attached hydrogen (secondary N) is 1. The van der Waals surface area contributed by atoms with Gasteiger partial charge >= 0.3 is 0 Å². The number of aromatic amines is 1. The predicted molar refractivity (Wildman–Crippen MR) is 73.8 cm³/mol. The molecule has 3 N–H and O–H groups in total. The Balaban J connectivity index is 2.23. The van der Waals surface area contributed by atoms with Crippen molar-refractivity contribution in [1.82, 2.24) is 4.98 Å². The van der Waals surface area contributed by atoms with Crippen LogP contribution < -0.4 is 5.73 Å². The highest BCUT2D eigenvalue weighted by molar-refractivity contribution is 5.86. The van der Waals surface area contributed by atoms with E-state index in [1.807, 2.05) is 13.0 Å². The van der Waals surface area contributed by atoms with E-state index in [0.717, 1.165) is 37.1 Å². The lowest BCUT2D eigenvalue weighted by molar-refractivity contribution is 0.0532. The first-order valence-corrected chi connectivity index (χ1v) is 6.73. The number of benzene rings is 1. The molecule has 102 valence electrons. The second-order valence-corrected chi connectivity index (χ2v) is 5.38. The summed E-state index contributed by atoms with van der Waals surface area (Å²) in [7, 11) is 0. The lowest BCUT2D eigenvalue weighted by Crippen LogP contribution is -2.41. The minimum absolute atomic E-state index is 0.0889. The zero-order valence-corrected chi connectivity index (χ0v) is 11.1. The summed E-state index contributed by atoms with van der Waals surface area (Å²) in [5.41, 5.74) is 8.76. The Kier molecular flexibility index (Phi) is 3.07. The summed E-state index contributed by atoms with van der Waals surface area (Å²) in [6, 6.07) is 5.23. The lowest BCUT2D eigenvalue weighted by Gasteiger charge is -2.37. The second kappa shape index (κ2) is 4.62. The third-order valence-corrected chi connectivity index (χ3v) is 4.34. The van der Waals surface area contributed by atoms with Crippen LogP contribution in [0, 0.1) is 12.7 Å². The summed E-state index contributed by atoms with van der Waals surface area (Å²) in [4.78, 5) is 3.18. The summed E-state index contributed by atoms with van der Waals surface area (Å²) in [5.74, 6) is -0.203. The maximum Gasteiger partial charge on any atom is 0.147 e. The van der Waals surface area contributed by atoms with Crippen LogP contribution in [0.4, 0.5) is 4.39 Å². The molecule has 1 saturated heterocycles. The molecule has 1 aromatic carbocycles. The summed E-state index contributed by atoms with van der Waals surface area (Å²) >= 11 is 0. The Morgan fingerprint density at radius 3 is 2.79 bits per heavy atom. The van der Waals surface area contributed by atoms with Crippen molar-refractivity contribution < 1.29 is 9.13 Å². The first-order valence-electron chi connectivity index (χ1n) is 6.73. The molecule has 0 radical (unpaired) electrons. The van der Waals surface area contributed by atoms with Crippen molar-refractivity contribution in [2.75, 3.05) is 19.8 Å². The van der Waals surface area contributed by atoms with Crippen LogP contribution in [0.2, 0.25) is 0 Å². The Bertz CT molecular complexity index is 599. The lowest BCUT2D eigenvalue weighted by atomic mass is 9.73. The van der Waals surface area contributed by atoms with Crippen molar-refractivity contribution in [3.63, 3.8) is 0 Å². The number of halogens is 1. The molecule has 2 aromatic rings. The van der Waals surface area contributed by atoms with Crippen LogP contribution in [0.15, 0.2) is 18.2 Å². The van der Waals surface area contributed by atoms with Crippen molar-refractivity contribution in [3.05, 3.63) is 35.3 Å². The van der Waals surface area contributed by atoms with E-state index < -0.39 is 0 Å². The number of rotatable bonds is 2. The molecule has 0 unspecified atom stereocenters. The maximum absolute atomic E-state index is 13.9. The van der Waals surface area contributed by atoms with Gasteiger partial charge in [-0.1, -0.05) is 12.1 Å². The molecule has 1 aliphatic heterocycles. The molecule has 0 atom stereocenters. The summed E-state index contributed by atoms with van der Waals surface area (Å²) < 4.78 is 19.3. The van der Waals surface area contributed by atoms with Crippen LogP contribution >= 0.6 is 0 Å². The van der Waals surface area contributed by atoms with E-state index in [-0.39, 0.29) is 11.2 Å².